The number of benzene rings is 3. The molecule has 37 heavy (non-hydrogen) atoms. The van der Waals surface area contributed by atoms with Gasteiger partial charge in [-0.3, -0.25) is 9.59 Å². The Labute approximate surface area is 219 Å². The monoisotopic (exact) mass is 526 g/mol. The van der Waals surface area contributed by atoms with Crippen LogP contribution < -0.4 is 10.6 Å². The first-order valence-electron chi connectivity index (χ1n) is 12.2. The van der Waals surface area contributed by atoms with E-state index in [-0.39, 0.29) is 29.7 Å². The largest absolute Gasteiger partial charge is 0.387 e. The Morgan fingerprint density at radius 2 is 1.70 bits per heavy atom. The Morgan fingerprint density at radius 1 is 1.05 bits per heavy atom. The van der Waals surface area contributed by atoms with E-state index in [0.717, 1.165) is 30.9 Å². The van der Waals surface area contributed by atoms with Gasteiger partial charge in [-0.05, 0) is 72.7 Å². The molecule has 0 heterocycles. The lowest BCUT2D eigenvalue weighted by Gasteiger charge is -2.22. The highest BCUT2D eigenvalue weighted by Gasteiger charge is 2.37. The summed E-state index contributed by atoms with van der Waals surface area (Å²) in [4.78, 5) is 25.5. The summed E-state index contributed by atoms with van der Waals surface area (Å²) in [6.45, 7) is 1.03. The molecule has 1 fully saturated rings. The van der Waals surface area contributed by atoms with Crippen LogP contribution in [0.1, 0.15) is 58.3 Å². The van der Waals surface area contributed by atoms with Gasteiger partial charge in [0.05, 0.1) is 6.42 Å². The highest BCUT2D eigenvalue weighted by atomic mass is 35.5. The van der Waals surface area contributed by atoms with Crippen LogP contribution in [0.4, 0.5) is 14.5 Å². The topological polar surface area (TPSA) is 78.4 Å². The van der Waals surface area contributed by atoms with E-state index < -0.39 is 12.0 Å². The van der Waals surface area contributed by atoms with Crippen LogP contribution in [0.3, 0.4) is 0 Å². The fourth-order valence-electron chi connectivity index (χ4n) is 4.52. The molecule has 5 nitrogen and oxygen atoms in total. The van der Waals surface area contributed by atoms with Gasteiger partial charge in [0.2, 0.25) is 5.91 Å². The minimum absolute atomic E-state index is 0.0176. The summed E-state index contributed by atoms with van der Waals surface area (Å²) in [5.74, 6) is -3.53. The summed E-state index contributed by atoms with van der Waals surface area (Å²) >= 11 is 6.10. The standard InChI is InChI=1S/C29H29ClF2N2O3/c1-17(35)29(31,32)21-9-3-18(4-10-21)15-26(36)34-23-13-14-24(28(37)33-2)25(16-23)27(19-5-6-19)20-7-11-22(30)12-8-20/h3-4,7-14,16-17,19,27,35H,5-6,15H2,1-2H3,(H,33,37)(H,34,36)/t17?,27-/m1/s1. The molecule has 0 radical (unpaired) electrons. The van der Waals surface area contributed by atoms with Crippen LogP contribution in [0.15, 0.2) is 66.7 Å². The molecule has 0 aliphatic heterocycles. The molecular formula is C29H29ClF2N2O3. The van der Waals surface area contributed by atoms with Crippen LogP contribution in [0.2, 0.25) is 5.02 Å². The van der Waals surface area contributed by atoms with Gasteiger partial charge in [0.1, 0.15) is 6.10 Å². The van der Waals surface area contributed by atoms with E-state index in [0.29, 0.717) is 27.8 Å². The minimum atomic E-state index is -3.37. The first kappa shape index (κ1) is 26.8. The number of nitrogens with one attached hydrogen (secondary N) is 2. The Morgan fingerprint density at radius 3 is 2.27 bits per heavy atom. The van der Waals surface area contributed by atoms with Gasteiger partial charge in [0, 0.05) is 34.8 Å². The predicted molar refractivity (Wildman–Crippen MR) is 140 cm³/mol. The molecule has 3 aromatic carbocycles. The number of carbonyl (C=O) groups is 2. The SMILES string of the molecule is CNC(=O)c1ccc(NC(=O)Cc2ccc(C(F)(F)C(C)O)cc2)cc1[C@@H](c1ccc(Cl)cc1)C1CC1. The third-order valence-electron chi connectivity index (χ3n) is 6.69. The maximum absolute atomic E-state index is 14.0. The Hall–Kier alpha value is -3.29. The van der Waals surface area contributed by atoms with Gasteiger partial charge in [0.25, 0.3) is 11.8 Å². The van der Waals surface area contributed by atoms with E-state index >= 15 is 0 Å². The van der Waals surface area contributed by atoms with E-state index in [1.54, 1.807) is 19.2 Å². The Bertz CT molecular complexity index is 1270. The summed E-state index contributed by atoms with van der Waals surface area (Å²) in [5, 5.41) is 15.5. The number of hydrogen-bond acceptors (Lipinski definition) is 3. The lowest BCUT2D eigenvalue weighted by molar-refractivity contribution is -0.115. The molecule has 3 N–H and O–H groups in total. The number of halogens is 3. The first-order chi connectivity index (χ1) is 17.6. The molecule has 0 saturated heterocycles. The molecule has 0 spiro atoms. The average molecular weight is 527 g/mol. The van der Waals surface area contributed by atoms with Crippen molar-refractivity contribution in [2.24, 2.45) is 5.92 Å². The van der Waals surface area contributed by atoms with Gasteiger partial charge in [-0.1, -0.05) is 48.0 Å². The lowest BCUT2D eigenvalue weighted by atomic mass is 9.84. The Kier molecular flexibility index (Phi) is 7.95. The van der Waals surface area contributed by atoms with E-state index in [4.69, 9.17) is 11.6 Å². The summed E-state index contributed by atoms with van der Waals surface area (Å²) in [6, 6.07) is 18.2. The second kappa shape index (κ2) is 11.0. The summed E-state index contributed by atoms with van der Waals surface area (Å²) in [5.41, 5.74) is 3.21. The van der Waals surface area contributed by atoms with Gasteiger partial charge >= 0.3 is 0 Å². The van der Waals surface area contributed by atoms with Crippen LogP contribution in [0, 0.1) is 5.92 Å². The van der Waals surface area contributed by atoms with Gasteiger partial charge in [-0.2, -0.15) is 8.78 Å². The van der Waals surface area contributed by atoms with Gasteiger partial charge in [-0.15, -0.1) is 0 Å². The highest BCUT2D eigenvalue weighted by Crippen LogP contribution is 2.48. The molecule has 2 atom stereocenters. The third kappa shape index (κ3) is 6.17. The number of aliphatic hydroxyl groups excluding tert-OH is 1. The maximum Gasteiger partial charge on any atom is 0.298 e. The molecule has 4 rings (SSSR count). The van der Waals surface area contributed by atoms with Gasteiger partial charge in [-0.25, -0.2) is 0 Å². The number of carbonyl (C=O) groups excluding carboxylic acids is 2. The molecule has 1 unspecified atom stereocenters. The van der Waals surface area contributed by atoms with E-state index in [1.807, 2.05) is 30.3 Å². The van der Waals surface area contributed by atoms with Crippen molar-refractivity contribution in [2.45, 2.75) is 44.1 Å². The number of amides is 2. The molecule has 8 heteroatoms. The van der Waals surface area contributed by atoms with Crippen LogP contribution >= 0.6 is 11.6 Å². The van der Waals surface area contributed by atoms with Crippen molar-refractivity contribution in [2.75, 3.05) is 12.4 Å². The fourth-order valence-corrected chi connectivity index (χ4v) is 4.65. The van der Waals surface area contributed by atoms with Crippen molar-refractivity contribution < 1.29 is 23.5 Å². The van der Waals surface area contributed by atoms with E-state index in [2.05, 4.69) is 10.6 Å². The maximum atomic E-state index is 14.0. The number of alkyl halides is 2. The zero-order valence-corrected chi connectivity index (χ0v) is 21.4. The second-order valence-electron chi connectivity index (χ2n) is 9.47. The quantitative estimate of drug-likeness (QED) is 0.325. The molecule has 3 aromatic rings. The zero-order chi connectivity index (χ0) is 26.7. The summed E-state index contributed by atoms with van der Waals surface area (Å²) < 4.78 is 28.0. The van der Waals surface area contributed by atoms with Gasteiger partial charge < -0.3 is 15.7 Å². The first-order valence-corrected chi connectivity index (χ1v) is 12.5. The molecular weight excluding hydrogens is 498 g/mol. The number of hydrogen-bond donors (Lipinski definition) is 3. The molecule has 1 aliphatic carbocycles. The van der Waals surface area contributed by atoms with Crippen LogP contribution in [0.25, 0.3) is 0 Å². The molecule has 2 amide bonds. The van der Waals surface area contributed by atoms with Crippen molar-refractivity contribution in [3.63, 3.8) is 0 Å². The molecule has 1 aliphatic rings. The molecule has 0 aromatic heterocycles. The second-order valence-corrected chi connectivity index (χ2v) is 9.91. The van der Waals surface area contributed by atoms with Crippen molar-refractivity contribution in [1.82, 2.24) is 5.32 Å². The van der Waals surface area contributed by atoms with Gasteiger partial charge in [0.15, 0.2) is 0 Å². The van der Waals surface area contributed by atoms with Crippen LogP contribution in [-0.4, -0.2) is 30.1 Å². The number of aliphatic hydroxyl groups is 1. The van der Waals surface area contributed by atoms with Crippen LogP contribution in [-0.2, 0) is 17.1 Å². The summed E-state index contributed by atoms with van der Waals surface area (Å²) in [7, 11) is 1.58. The predicted octanol–water partition coefficient (Wildman–Crippen LogP) is 5.90. The fraction of sp³-hybridized carbons (Fsp3) is 0.310. The van der Waals surface area contributed by atoms with Crippen molar-refractivity contribution in [1.29, 1.82) is 0 Å². The molecule has 1 saturated carbocycles. The third-order valence-corrected chi connectivity index (χ3v) is 6.94. The summed E-state index contributed by atoms with van der Waals surface area (Å²) in [6.07, 6.45) is 0.250. The van der Waals surface area contributed by atoms with E-state index in [9.17, 15) is 23.5 Å². The number of rotatable bonds is 9. The normalized spacial score (nSPS) is 15.1. The average Bonchev–Trinajstić information content (AvgIpc) is 3.70. The van der Waals surface area contributed by atoms with E-state index in [1.165, 1.54) is 24.3 Å². The lowest BCUT2D eigenvalue weighted by Crippen LogP contribution is -2.27. The number of anilines is 1. The molecule has 0 bridgehead atoms. The van der Waals surface area contributed by atoms with Crippen molar-refractivity contribution >= 4 is 29.1 Å². The molecule has 194 valence electrons. The van der Waals surface area contributed by atoms with Crippen molar-refractivity contribution in [3.8, 4) is 0 Å². The highest BCUT2D eigenvalue weighted by molar-refractivity contribution is 6.30. The Balaban J connectivity index is 1.57. The zero-order valence-electron chi connectivity index (χ0n) is 20.6. The van der Waals surface area contributed by atoms with Crippen LogP contribution in [0.5, 0.6) is 0 Å². The smallest absolute Gasteiger partial charge is 0.298 e. The van der Waals surface area contributed by atoms with Crippen molar-refractivity contribution in [3.05, 3.63) is 99.6 Å². The minimum Gasteiger partial charge on any atom is -0.387 e.